The van der Waals surface area contributed by atoms with E-state index in [4.69, 9.17) is 35.3 Å². The number of carbonyl (C=O) groups is 1. The maximum atomic E-state index is 10.3. The Hall–Kier alpha value is -0.610. The van der Waals surface area contributed by atoms with Crippen LogP contribution in [0.3, 0.4) is 0 Å². The van der Waals surface area contributed by atoms with E-state index in [-0.39, 0.29) is 4.70 Å². The van der Waals surface area contributed by atoms with E-state index in [1.807, 2.05) is 0 Å². The number of unbranched alkanes of at least 4 members (excludes halogenated alkanes) is 1. The molecule has 0 aliphatic carbocycles. The second kappa shape index (κ2) is 11.9. The molecule has 0 rings (SSSR count). The highest BCUT2D eigenvalue weighted by atomic mass is 31.2. The van der Waals surface area contributed by atoms with Crippen LogP contribution in [0.15, 0.2) is 0 Å². The third-order valence-corrected chi connectivity index (χ3v) is 1.40. The number of hydrogen-bond donors (Lipinski definition) is 7. The van der Waals surface area contributed by atoms with Crippen molar-refractivity contribution < 1.29 is 39.1 Å². The number of halogens is 1. The zero-order valence-electron chi connectivity index (χ0n) is 8.89. The highest BCUT2D eigenvalue weighted by Crippen LogP contribution is 2.25. The van der Waals surface area contributed by atoms with E-state index in [0.29, 0.717) is 19.4 Å². The molecule has 0 amide bonds. The molecule has 0 heterocycles. The summed E-state index contributed by atoms with van der Waals surface area (Å²) in [6.45, 7) is 0.553. The lowest BCUT2D eigenvalue weighted by Crippen LogP contribution is -2.34. The molecule has 106 valence electrons. The second-order valence-corrected chi connectivity index (χ2v) is 3.84. The maximum absolute atomic E-state index is 10.3. The normalized spacial score (nSPS) is 11.8. The Balaban J connectivity index is -0.000000280. The minimum Gasteiger partial charge on any atom is -0.480 e. The molecular formula is C6H18FN2O7P. The Morgan fingerprint density at radius 1 is 1.29 bits per heavy atom. The van der Waals surface area contributed by atoms with Crippen LogP contribution in [0.25, 0.3) is 0 Å². The Kier molecular flexibility index (Phi) is 15.1. The Morgan fingerprint density at radius 3 is 1.94 bits per heavy atom. The Labute approximate surface area is 96.8 Å². The van der Waals surface area contributed by atoms with Crippen molar-refractivity contribution in [2.24, 2.45) is 5.73 Å². The molecule has 0 radical (unpaired) electrons. The molecule has 9 nitrogen and oxygen atoms in total. The quantitative estimate of drug-likeness (QED) is 0.178. The summed E-state index contributed by atoms with van der Waals surface area (Å²) in [5.41, 5.74) is 6.92. The number of nitrogens with one attached hydrogen (secondary N) is 1. The Bertz CT molecular complexity index is 228. The molecule has 0 aromatic heterocycles. The van der Waals surface area contributed by atoms with Crippen molar-refractivity contribution in [3.8, 4) is 0 Å². The first kappa shape index (κ1) is 21.7. The van der Waals surface area contributed by atoms with Gasteiger partial charge in [0.2, 0.25) is 0 Å². The zero-order chi connectivity index (χ0) is 13.2. The van der Waals surface area contributed by atoms with Crippen LogP contribution in [0.4, 0.5) is 4.70 Å². The van der Waals surface area contributed by atoms with E-state index < -0.39 is 19.8 Å². The summed E-state index contributed by atoms with van der Waals surface area (Å²) in [7, 11) is -4.64. The van der Waals surface area contributed by atoms with Gasteiger partial charge in [-0.1, -0.05) is 0 Å². The van der Waals surface area contributed by atoms with Crippen molar-refractivity contribution in [1.82, 2.24) is 5.48 Å². The van der Waals surface area contributed by atoms with Crippen LogP contribution in [-0.2, 0) is 9.36 Å². The summed E-state index contributed by atoms with van der Waals surface area (Å²) >= 11 is 0. The topological polar surface area (TPSA) is 173 Å². The smallest absolute Gasteiger partial charge is 0.466 e. The van der Waals surface area contributed by atoms with Crippen LogP contribution in [0, 0.1) is 0 Å². The van der Waals surface area contributed by atoms with Crippen LogP contribution in [0.1, 0.15) is 19.3 Å². The van der Waals surface area contributed by atoms with Gasteiger partial charge in [-0.25, -0.2) is 4.57 Å². The summed E-state index contributed by atoms with van der Waals surface area (Å²) in [6, 6.07) is -0.860. The van der Waals surface area contributed by atoms with E-state index in [1.165, 1.54) is 0 Å². The van der Waals surface area contributed by atoms with Gasteiger partial charge in [0.05, 0.1) is 0 Å². The average molecular weight is 280 g/mol. The van der Waals surface area contributed by atoms with Crippen molar-refractivity contribution in [3.63, 3.8) is 0 Å². The molecule has 1 atom stereocenters. The lowest BCUT2D eigenvalue weighted by Gasteiger charge is -2.08. The Morgan fingerprint density at radius 2 is 1.71 bits per heavy atom. The van der Waals surface area contributed by atoms with E-state index in [2.05, 4.69) is 0 Å². The molecule has 0 aromatic carbocycles. The number of carboxylic acids is 1. The van der Waals surface area contributed by atoms with Crippen LogP contribution >= 0.6 is 7.82 Å². The van der Waals surface area contributed by atoms with Gasteiger partial charge in [0, 0.05) is 0 Å². The first-order valence-corrected chi connectivity index (χ1v) is 5.89. The molecule has 17 heavy (non-hydrogen) atoms. The largest absolute Gasteiger partial charge is 0.480 e. The molecule has 0 saturated heterocycles. The third-order valence-electron chi connectivity index (χ3n) is 1.40. The number of rotatable bonds is 6. The fraction of sp³-hybridized carbons (Fsp3) is 0.833. The zero-order valence-corrected chi connectivity index (χ0v) is 9.79. The molecule has 8 N–H and O–H groups in total. The minimum atomic E-state index is -4.64. The van der Waals surface area contributed by atoms with Gasteiger partial charge in [-0.3, -0.25) is 9.50 Å². The second-order valence-electron chi connectivity index (χ2n) is 2.82. The van der Waals surface area contributed by atoms with E-state index >= 15 is 0 Å². The molecular weight excluding hydrogens is 262 g/mol. The fourth-order valence-electron chi connectivity index (χ4n) is 0.736. The molecule has 11 heteroatoms. The molecule has 0 aliphatic heterocycles. The van der Waals surface area contributed by atoms with Gasteiger partial charge in [0.25, 0.3) is 0 Å². The molecule has 0 fully saturated rings. The highest BCUT2D eigenvalue weighted by Gasteiger charge is 2.14. The van der Waals surface area contributed by atoms with Crippen molar-refractivity contribution in [2.45, 2.75) is 25.3 Å². The van der Waals surface area contributed by atoms with Gasteiger partial charge in [-0.2, -0.15) is 5.48 Å². The predicted molar refractivity (Wildman–Crippen MR) is 56.0 cm³/mol. The van der Waals surface area contributed by atoms with E-state index in [0.717, 1.165) is 6.42 Å². The first-order valence-electron chi connectivity index (χ1n) is 4.33. The number of nitrogens with two attached hydrogens (primary N) is 1. The van der Waals surface area contributed by atoms with Gasteiger partial charge in [0.15, 0.2) is 0 Å². The van der Waals surface area contributed by atoms with E-state index in [9.17, 15) is 4.79 Å². The maximum Gasteiger partial charge on any atom is 0.466 e. The van der Waals surface area contributed by atoms with Crippen molar-refractivity contribution in [3.05, 3.63) is 0 Å². The summed E-state index contributed by atoms with van der Waals surface area (Å²) < 4.78 is 8.88. The highest BCUT2D eigenvalue weighted by molar-refractivity contribution is 7.45. The number of hydroxylamine groups is 1. The molecule has 0 bridgehead atoms. The van der Waals surface area contributed by atoms with Gasteiger partial charge < -0.3 is 30.7 Å². The summed E-state index contributed by atoms with van der Waals surface area (Å²) in [5.74, 6) is -1.04. The van der Waals surface area contributed by atoms with Crippen LogP contribution in [0.5, 0.6) is 0 Å². The molecule has 0 aromatic rings. The average Bonchev–Trinajstić information content (AvgIpc) is 2.09. The summed E-state index contributed by atoms with van der Waals surface area (Å²) in [6.07, 6.45) is 1.90. The van der Waals surface area contributed by atoms with Crippen molar-refractivity contribution >= 4 is 13.8 Å². The lowest BCUT2D eigenvalue weighted by atomic mass is 10.1. The molecule has 0 spiro atoms. The summed E-state index contributed by atoms with van der Waals surface area (Å²) in [4.78, 5) is 31.8. The van der Waals surface area contributed by atoms with Crippen LogP contribution in [-0.4, -0.2) is 43.5 Å². The number of carboxylic acid groups (broad SMARTS) is 1. The fourth-order valence-corrected chi connectivity index (χ4v) is 0.736. The van der Waals surface area contributed by atoms with Crippen LogP contribution < -0.4 is 11.2 Å². The standard InChI is InChI=1S/C6H14N2O3.FH.H3O4P/c7-4-2-1-3-5(8-11)6(9)10;;1-5(2,3)4/h5,8,11H,1-4,7H2,(H,9,10);1H;(H3,1,2,3,4)/t5-;;/m0../s1. The molecule has 0 saturated carbocycles. The predicted octanol–water partition coefficient (Wildman–Crippen LogP) is -1.23. The van der Waals surface area contributed by atoms with Crippen molar-refractivity contribution in [1.29, 1.82) is 0 Å². The van der Waals surface area contributed by atoms with E-state index in [1.54, 1.807) is 5.48 Å². The SMILES string of the molecule is F.NCCCC[C@H](NO)C(=O)O.O=P(O)(O)O. The number of phosphoric acid groups is 1. The van der Waals surface area contributed by atoms with Gasteiger partial charge in [0.1, 0.15) is 6.04 Å². The third kappa shape index (κ3) is 25.6. The molecule has 0 unspecified atom stereocenters. The first-order chi connectivity index (χ1) is 7.22. The van der Waals surface area contributed by atoms with Crippen molar-refractivity contribution in [2.75, 3.05) is 6.54 Å². The lowest BCUT2D eigenvalue weighted by molar-refractivity contribution is -0.142. The molecule has 0 aliphatic rings. The monoisotopic (exact) mass is 280 g/mol. The van der Waals surface area contributed by atoms with Crippen LogP contribution in [0.2, 0.25) is 0 Å². The number of hydrogen-bond acceptors (Lipinski definition) is 5. The minimum absolute atomic E-state index is 0. The number of aliphatic carboxylic acids is 1. The van der Waals surface area contributed by atoms with Gasteiger partial charge in [-0.05, 0) is 25.8 Å². The van der Waals surface area contributed by atoms with Gasteiger partial charge >= 0.3 is 13.8 Å². The van der Waals surface area contributed by atoms with Gasteiger partial charge in [-0.15, -0.1) is 0 Å². The summed E-state index contributed by atoms with van der Waals surface area (Å²) in [5, 5.41) is 16.8.